The number of carbonyl (C=O) groups is 1. The lowest BCUT2D eigenvalue weighted by Crippen LogP contribution is -2.56. The van der Waals surface area contributed by atoms with Gasteiger partial charge in [0, 0.05) is 55.3 Å². The fraction of sp³-hybridized carbons (Fsp3) is 0.444. The monoisotopic (exact) mass is 547 g/mol. The average molecular weight is 548 g/mol. The van der Waals surface area contributed by atoms with Crippen molar-refractivity contribution in [2.45, 2.75) is 51.6 Å². The van der Waals surface area contributed by atoms with Crippen LogP contribution in [0.25, 0.3) is 27.6 Å². The third kappa shape index (κ3) is 4.50. The Hall–Kier alpha value is -2.91. The average Bonchev–Trinajstić information content (AvgIpc) is 3.47. The Labute approximate surface area is 218 Å². The topological polar surface area (TPSA) is 88.8 Å². The van der Waals surface area contributed by atoms with E-state index in [0.717, 1.165) is 76.8 Å². The Morgan fingerprint density at radius 3 is 2.81 bits per heavy atom. The lowest BCUT2D eigenvalue weighted by atomic mass is 9.99. The fourth-order valence-electron chi connectivity index (χ4n) is 5.89. The van der Waals surface area contributed by atoms with Gasteiger partial charge in [-0.1, -0.05) is 6.07 Å². The summed E-state index contributed by atoms with van der Waals surface area (Å²) in [5.74, 6) is 1.66. The van der Waals surface area contributed by atoms with Crippen LogP contribution < -0.4 is 5.32 Å². The second-order valence-corrected chi connectivity index (χ2v) is 11.1. The van der Waals surface area contributed by atoms with E-state index < -0.39 is 0 Å². The lowest BCUT2D eigenvalue weighted by Gasteiger charge is -2.37. The molecule has 1 saturated heterocycles. The van der Waals surface area contributed by atoms with Crippen LogP contribution in [0.4, 0.5) is 0 Å². The van der Waals surface area contributed by atoms with E-state index in [1.165, 1.54) is 0 Å². The molecule has 1 saturated carbocycles. The Balaban J connectivity index is 1.21. The fourth-order valence-corrected chi connectivity index (χ4v) is 6.32. The van der Waals surface area contributed by atoms with E-state index >= 15 is 0 Å². The van der Waals surface area contributed by atoms with Gasteiger partial charge in [-0.3, -0.25) is 9.78 Å². The summed E-state index contributed by atoms with van der Waals surface area (Å²) in [6.45, 7) is 5.90. The van der Waals surface area contributed by atoms with Crippen LogP contribution in [0.3, 0.4) is 0 Å². The zero-order valence-corrected chi connectivity index (χ0v) is 22.1. The Morgan fingerprint density at radius 2 is 1.97 bits per heavy atom. The predicted octanol–water partition coefficient (Wildman–Crippen LogP) is 4.29. The molecule has 1 aromatic carbocycles. The van der Waals surface area contributed by atoms with Crippen molar-refractivity contribution in [1.29, 1.82) is 0 Å². The predicted molar refractivity (Wildman–Crippen MR) is 143 cm³/mol. The molecule has 1 aliphatic carbocycles. The highest BCUT2D eigenvalue weighted by Crippen LogP contribution is 2.35. The van der Waals surface area contributed by atoms with Gasteiger partial charge in [-0.15, -0.1) is 0 Å². The first-order valence-corrected chi connectivity index (χ1v) is 13.5. The van der Waals surface area contributed by atoms with Gasteiger partial charge in [-0.2, -0.15) is 5.10 Å². The van der Waals surface area contributed by atoms with Crippen molar-refractivity contribution in [3.63, 3.8) is 0 Å². The van der Waals surface area contributed by atoms with Crippen LogP contribution in [0, 0.1) is 11.8 Å². The number of fused-ring (bicyclic) bond motifs is 2. The molecule has 0 radical (unpaired) electrons. The smallest absolute Gasteiger partial charge is 0.225 e. The first-order valence-electron chi connectivity index (χ1n) is 12.7. The SMILES string of the molecule is C[C@@H]1CN(C(=O)[C@@H]2CC[C@@H](Cc3ncc4c(Br)nn(-c5ccc6ncccc6c5)c4n3)C2)C[C@H](C)N1. The van der Waals surface area contributed by atoms with Crippen LogP contribution in [-0.2, 0) is 11.2 Å². The summed E-state index contributed by atoms with van der Waals surface area (Å²) in [5.41, 5.74) is 2.66. The van der Waals surface area contributed by atoms with E-state index in [4.69, 9.17) is 10.1 Å². The largest absolute Gasteiger partial charge is 0.339 e. The van der Waals surface area contributed by atoms with E-state index in [2.05, 4.69) is 56.0 Å². The first-order chi connectivity index (χ1) is 17.4. The zero-order chi connectivity index (χ0) is 24.8. The van der Waals surface area contributed by atoms with Crippen molar-refractivity contribution in [2.75, 3.05) is 13.1 Å². The highest BCUT2D eigenvalue weighted by atomic mass is 79.9. The molecule has 0 unspecified atom stereocenters. The van der Waals surface area contributed by atoms with Gasteiger partial charge in [0.15, 0.2) is 5.65 Å². The maximum absolute atomic E-state index is 13.2. The molecule has 2 fully saturated rings. The molecule has 4 heterocycles. The quantitative estimate of drug-likeness (QED) is 0.410. The molecule has 2 aliphatic rings. The van der Waals surface area contributed by atoms with Crippen LogP contribution in [0.5, 0.6) is 0 Å². The van der Waals surface area contributed by atoms with E-state index in [9.17, 15) is 4.79 Å². The van der Waals surface area contributed by atoms with E-state index in [-0.39, 0.29) is 5.92 Å². The lowest BCUT2D eigenvalue weighted by molar-refractivity contribution is -0.137. The summed E-state index contributed by atoms with van der Waals surface area (Å²) < 4.78 is 2.59. The van der Waals surface area contributed by atoms with Crippen LogP contribution in [-0.4, -0.2) is 60.7 Å². The van der Waals surface area contributed by atoms with Crippen LogP contribution in [0.2, 0.25) is 0 Å². The molecule has 186 valence electrons. The van der Waals surface area contributed by atoms with Gasteiger partial charge in [-0.05, 0) is 79.2 Å². The minimum absolute atomic E-state index is 0.113. The number of piperazine rings is 1. The Morgan fingerprint density at radius 1 is 1.14 bits per heavy atom. The molecule has 9 heteroatoms. The number of pyridine rings is 1. The van der Waals surface area contributed by atoms with Gasteiger partial charge < -0.3 is 10.2 Å². The number of nitrogens with zero attached hydrogens (tertiary/aromatic N) is 6. The number of aromatic nitrogens is 5. The van der Waals surface area contributed by atoms with Crippen molar-refractivity contribution in [3.8, 4) is 5.69 Å². The zero-order valence-electron chi connectivity index (χ0n) is 20.6. The minimum atomic E-state index is 0.113. The summed E-state index contributed by atoms with van der Waals surface area (Å²) in [6, 6.07) is 10.8. The van der Waals surface area contributed by atoms with Crippen LogP contribution >= 0.6 is 15.9 Å². The van der Waals surface area contributed by atoms with Crippen LogP contribution in [0.1, 0.15) is 38.9 Å². The van der Waals surface area contributed by atoms with Crippen molar-refractivity contribution in [3.05, 3.63) is 53.2 Å². The third-order valence-corrected chi connectivity index (χ3v) is 8.08. The molecule has 8 nitrogen and oxygen atoms in total. The molecular weight excluding hydrogens is 518 g/mol. The summed E-state index contributed by atoms with van der Waals surface area (Å²) >= 11 is 3.58. The van der Waals surface area contributed by atoms with Crippen molar-refractivity contribution < 1.29 is 4.79 Å². The Bertz CT molecular complexity index is 1430. The number of halogens is 1. The standard InChI is InChI=1S/C27H30BrN7O/c1-16-14-34(15-17(2)31-16)27(36)20-6-5-18(10-20)11-24-30-13-22-25(28)33-35(26(22)32-24)21-7-8-23-19(12-21)4-3-9-29-23/h3-4,7-9,12-13,16-18,20,31H,5-6,10-11,14-15H2,1-2H3/t16-,17+,18-,20-/m1/s1. The summed E-state index contributed by atoms with van der Waals surface area (Å²) in [4.78, 5) is 29.3. The Kier molecular flexibility index (Phi) is 6.21. The second-order valence-electron chi connectivity index (χ2n) is 10.4. The molecule has 1 amide bonds. The number of carbonyl (C=O) groups excluding carboxylic acids is 1. The van der Waals surface area contributed by atoms with E-state index in [0.29, 0.717) is 23.9 Å². The molecule has 6 rings (SSSR count). The van der Waals surface area contributed by atoms with Gasteiger partial charge in [0.05, 0.1) is 16.6 Å². The van der Waals surface area contributed by atoms with E-state index in [1.807, 2.05) is 35.1 Å². The molecule has 1 N–H and O–H groups in total. The highest BCUT2D eigenvalue weighted by Gasteiger charge is 2.35. The summed E-state index contributed by atoms with van der Waals surface area (Å²) in [6.07, 6.45) is 7.33. The first kappa shape index (κ1) is 23.5. The number of benzene rings is 1. The number of hydrogen-bond donors (Lipinski definition) is 1. The molecule has 1 aliphatic heterocycles. The highest BCUT2D eigenvalue weighted by molar-refractivity contribution is 9.10. The van der Waals surface area contributed by atoms with Crippen molar-refractivity contribution in [2.24, 2.45) is 11.8 Å². The van der Waals surface area contributed by atoms with Gasteiger partial charge in [0.25, 0.3) is 0 Å². The molecule has 4 atom stereocenters. The maximum atomic E-state index is 13.2. The minimum Gasteiger partial charge on any atom is -0.339 e. The van der Waals surface area contributed by atoms with Crippen LogP contribution in [0.15, 0.2) is 47.3 Å². The maximum Gasteiger partial charge on any atom is 0.225 e. The van der Waals surface area contributed by atoms with Gasteiger partial charge in [0.1, 0.15) is 10.4 Å². The van der Waals surface area contributed by atoms with Crippen molar-refractivity contribution >= 4 is 43.8 Å². The number of hydrogen-bond acceptors (Lipinski definition) is 6. The number of rotatable bonds is 4. The number of amides is 1. The van der Waals surface area contributed by atoms with Gasteiger partial charge in [0.2, 0.25) is 5.91 Å². The molecule has 0 bridgehead atoms. The molecule has 0 spiro atoms. The summed E-state index contributed by atoms with van der Waals surface area (Å²) in [5, 5.41) is 10.1. The number of nitrogens with one attached hydrogen (secondary N) is 1. The second kappa shape index (κ2) is 9.52. The van der Waals surface area contributed by atoms with E-state index in [1.54, 1.807) is 6.20 Å². The summed E-state index contributed by atoms with van der Waals surface area (Å²) in [7, 11) is 0. The normalized spacial score (nSPS) is 24.6. The van der Waals surface area contributed by atoms with Crippen molar-refractivity contribution in [1.82, 2.24) is 34.9 Å². The molecule has 4 aromatic rings. The van der Waals surface area contributed by atoms with Gasteiger partial charge >= 0.3 is 0 Å². The molecular formula is C27H30BrN7O. The van der Waals surface area contributed by atoms with Gasteiger partial charge in [-0.25, -0.2) is 14.6 Å². The molecule has 36 heavy (non-hydrogen) atoms. The molecule has 3 aromatic heterocycles. The third-order valence-electron chi connectivity index (χ3n) is 7.49.